The summed E-state index contributed by atoms with van der Waals surface area (Å²) in [7, 11) is 0. The van der Waals surface area contributed by atoms with Gasteiger partial charge in [0.2, 0.25) is 5.91 Å². The number of amides is 1. The van der Waals surface area contributed by atoms with Gasteiger partial charge in [-0.1, -0.05) is 13.8 Å². The highest BCUT2D eigenvalue weighted by Gasteiger charge is 2.31. The molecule has 1 aliphatic rings. The standard InChI is InChI=1S/C19H31FN4O/c1-4-19(5-2,14-21)22-18(25)15(3)23-10-12-24(13-11-23)17-8-6-16(20)7-9-17/h6-9,15H,4-5,10-14,21H2,1-3H3,(H,22,25). The van der Waals surface area contributed by atoms with Gasteiger partial charge in [0.1, 0.15) is 5.82 Å². The van der Waals surface area contributed by atoms with E-state index in [-0.39, 0.29) is 23.3 Å². The van der Waals surface area contributed by atoms with Crippen molar-refractivity contribution in [1.82, 2.24) is 10.2 Å². The minimum Gasteiger partial charge on any atom is -0.369 e. The summed E-state index contributed by atoms with van der Waals surface area (Å²) in [6, 6.07) is 6.40. The van der Waals surface area contributed by atoms with Crippen molar-refractivity contribution in [2.75, 3.05) is 37.6 Å². The highest BCUT2D eigenvalue weighted by atomic mass is 19.1. The Morgan fingerprint density at radius 2 is 1.76 bits per heavy atom. The number of piperazine rings is 1. The molecule has 0 spiro atoms. The molecule has 1 aromatic rings. The number of nitrogens with two attached hydrogens (primary N) is 1. The number of benzene rings is 1. The first kappa shape index (κ1) is 19.7. The first-order chi connectivity index (χ1) is 11.9. The Morgan fingerprint density at radius 1 is 1.20 bits per heavy atom. The highest BCUT2D eigenvalue weighted by molar-refractivity contribution is 5.82. The second kappa shape index (κ2) is 8.63. The van der Waals surface area contributed by atoms with Gasteiger partial charge < -0.3 is 16.0 Å². The van der Waals surface area contributed by atoms with Gasteiger partial charge >= 0.3 is 0 Å². The molecule has 0 bridgehead atoms. The summed E-state index contributed by atoms with van der Waals surface area (Å²) in [6.07, 6.45) is 1.66. The maximum absolute atomic E-state index is 13.1. The Morgan fingerprint density at radius 3 is 2.24 bits per heavy atom. The third-order valence-corrected chi connectivity index (χ3v) is 5.57. The van der Waals surface area contributed by atoms with E-state index in [0.29, 0.717) is 6.54 Å². The number of rotatable bonds is 7. The molecule has 0 radical (unpaired) electrons. The van der Waals surface area contributed by atoms with Crippen molar-refractivity contribution in [2.45, 2.75) is 45.2 Å². The van der Waals surface area contributed by atoms with E-state index in [1.165, 1.54) is 12.1 Å². The molecule has 6 heteroatoms. The van der Waals surface area contributed by atoms with Crippen molar-refractivity contribution in [3.8, 4) is 0 Å². The minimum absolute atomic E-state index is 0.0457. The van der Waals surface area contributed by atoms with E-state index in [0.717, 1.165) is 44.7 Å². The lowest BCUT2D eigenvalue weighted by Crippen LogP contribution is -2.59. The van der Waals surface area contributed by atoms with Gasteiger partial charge in [0.25, 0.3) is 0 Å². The summed E-state index contributed by atoms with van der Waals surface area (Å²) in [5.74, 6) is -0.174. The van der Waals surface area contributed by atoms with Gasteiger partial charge in [0.05, 0.1) is 11.6 Å². The molecule has 0 aromatic heterocycles. The highest BCUT2D eigenvalue weighted by Crippen LogP contribution is 2.19. The molecule has 1 amide bonds. The van der Waals surface area contributed by atoms with Gasteiger partial charge in [-0.2, -0.15) is 0 Å². The number of nitrogens with one attached hydrogen (secondary N) is 1. The molecule has 2 rings (SSSR count). The summed E-state index contributed by atoms with van der Waals surface area (Å²) in [4.78, 5) is 17.1. The molecule has 0 aliphatic carbocycles. The molecule has 3 N–H and O–H groups in total. The van der Waals surface area contributed by atoms with E-state index in [1.54, 1.807) is 12.1 Å². The lowest BCUT2D eigenvalue weighted by molar-refractivity contribution is -0.128. The van der Waals surface area contributed by atoms with Crippen LogP contribution in [0.5, 0.6) is 0 Å². The van der Waals surface area contributed by atoms with Crippen molar-refractivity contribution < 1.29 is 9.18 Å². The Hall–Kier alpha value is -1.66. The van der Waals surface area contributed by atoms with Gasteiger partial charge in [-0.3, -0.25) is 9.69 Å². The van der Waals surface area contributed by atoms with Gasteiger partial charge in [-0.15, -0.1) is 0 Å². The van der Waals surface area contributed by atoms with Crippen molar-refractivity contribution in [1.29, 1.82) is 0 Å². The van der Waals surface area contributed by atoms with E-state index < -0.39 is 0 Å². The Bertz CT molecular complexity index is 543. The fourth-order valence-electron chi connectivity index (χ4n) is 3.32. The Labute approximate surface area is 150 Å². The molecule has 1 aromatic carbocycles. The third-order valence-electron chi connectivity index (χ3n) is 5.57. The number of anilines is 1. The van der Waals surface area contributed by atoms with Crippen molar-refractivity contribution in [3.63, 3.8) is 0 Å². The third kappa shape index (κ3) is 4.70. The molecule has 0 saturated carbocycles. The summed E-state index contributed by atoms with van der Waals surface area (Å²) in [5.41, 5.74) is 6.61. The number of hydrogen-bond donors (Lipinski definition) is 2. The Kier molecular flexibility index (Phi) is 6.79. The van der Waals surface area contributed by atoms with E-state index in [4.69, 9.17) is 5.73 Å². The van der Waals surface area contributed by atoms with Crippen LogP contribution in [0.4, 0.5) is 10.1 Å². The van der Waals surface area contributed by atoms with Gasteiger partial charge in [-0.05, 0) is 44.0 Å². The SMILES string of the molecule is CCC(CC)(CN)NC(=O)C(C)N1CCN(c2ccc(F)cc2)CC1. The van der Waals surface area contributed by atoms with Crippen LogP contribution >= 0.6 is 0 Å². The molecule has 1 unspecified atom stereocenters. The average molecular weight is 350 g/mol. The average Bonchev–Trinajstić information content (AvgIpc) is 2.66. The van der Waals surface area contributed by atoms with E-state index in [9.17, 15) is 9.18 Å². The lowest BCUT2D eigenvalue weighted by Gasteiger charge is -2.40. The summed E-state index contributed by atoms with van der Waals surface area (Å²) in [5, 5.41) is 3.16. The van der Waals surface area contributed by atoms with Crippen LogP contribution in [-0.4, -0.2) is 55.1 Å². The molecule has 1 atom stereocenters. The summed E-state index contributed by atoms with van der Waals surface area (Å²) in [6.45, 7) is 9.79. The van der Waals surface area contributed by atoms with Crippen LogP contribution in [0.25, 0.3) is 0 Å². The molecule has 1 heterocycles. The number of carbonyl (C=O) groups excluding carboxylic acids is 1. The quantitative estimate of drug-likeness (QED) is 0.789. The van der Waals surface area contributed by atoms with Crippen LogP contribution in [0.15, 0.2) is 24.3 Å². The van der Waals surface area contributed by atoms with Crippen LogP contribution in [0.2, 0.25) is 0 Å². The predicted molar refractivity (Wildman–Crippen MR) is 100 cm³/mol. The zero-order valence-electron chi connectivity index (χ0n) is 15.6. The van der Waals surface area contributed by atoms with E-state index in [1.807, 2.05) is 6.92 Å². The molecule has 1 fully saturated rings. The van der Waals surface area contributed by atoms with E-state index >= 15 is 0 Å². The van der Waals surface area contributed by atoms with Gasteiger partial charge in [0.15, 0.2) is 0 Å². The normalized spacial score (nSPS) is 17.4. The molecule has 25 heavy (non-hydrogen) atoms. The molecule has 5 nitrogen and oxygen atoms in total. The molecular formula is C19H31FN4O. The molecule has 1 aliphatic heterocycles. The fraction of sp³-hybridized carbons (Fsp3) is 0.632. The number of carbonyl (C=O) groups is 1. The summed E-state index contributed by atoms with van der Waals surface area (Å²) < 4.78 is 13.1. The smallest absolute Gasteiger partial charge is 0.237 e. The van der Waals surface area contributed by atoms with Gasteiger partial charge in [-0.25, -0.2) is 4.39 Å². The van der Waals surface area contributed by atoms with Crippen LogP contribution in [0.1, 0.15) is 33.6 Å². The summed E-state index contributed by atoms with van der Waals surface area (Å²) >= 11 is 0. The number of nitrogens with zero attached hydrogens (tertiary/aromatic N) is 2. The van der Waals surface area contributed by atoms with Gasteiger partial charge in [0, 0.05) is 38.4 Å². The number of hydrogen-bond acceptors (Lipinski definition) is 4. The maximum atomic E-state index is 13.1. The lowest BCUT2D eigenvalue weighted by atomic mass is 9.92. The van der Waals surface area contributed by atoms with E-state index in [2.05, 4.69) is 29.0 Å². The minimum atomic E-state index is -0.304. The van der Waals surface area contributed by atoms with Crippen molar-refractivity contribution >= 4 is 11.6 Å². The Balaban J connectivity index is 1.91. The van der Waals surface area contributed by atoms with Crippen LogP contribution < -0.4 is 16.0 Å². The monoisotopic (exact) mass is 350 g/mol. The second-order valence-corrected chi connectivity index (χ2v) is 6.86. The van der Waals surface area contributed by atoms with Crippen LogP contribution in [-0.2, 0) is 4.79 Å². The zero-order chi connectivity index (χ0) is 18.4. The first-order valence-corrected chi connectivity index (χ1v) is 9.21. The molecule has 1 saturated heterocycles. The molecule has 140 valence electrons. The van der Waals surface area contributed by atoms with Crippen LogP contribution in [0.3, 0.4) is 0 Å². The molecular weight excluding hydrogens is 319 g/mol. The fourth-order valence-corrected chi connectivity index (χ4v) is 3.32. The second-order valence-electron chi connectivity index (χ2n) is 6.86. The predicted octanol–water partition coefficient (Wildman–Crippen LogP) is 1.97. The first-order valence-electron chi connectivity index (χ1n) is 9.21. The van der Waals surface area contributed by atoms with Crippen molar-refractivity contribution in [3.05, 3.63) is 30.1 Å². The largest absolute Gasteiger partial charge is 0.369 e. The zero-order valence-corrected chi connectivity index (χ0v) is 15.6. The number of halogens is 1. The maximum Gasteiger partial charge on any atom is 0.237 e. The van der Waals surface area contributed by atoms with Crippen LogP contribution in [0, 0.1) is 5.82 Å². The topological polar surface area (TPSA) is 61.6 Å². The van der Waals surface area contributed by atoms with Crippen molar-refractivity contribution in [2.24, 2.45) is 5.73 Å².